The highest BCUT2D eigenvalue weighted by Gasteiger charge is 2.15. The first-order chi connectivity index (χ1) is 9.60. The predicted octanol–water partition coefficient (Wildman–Crippen LogP) is 0.495. The topological polar surface area (TPSA) is 116 Å². The molecule has 20 heavy (non-hydrogen) atoms. The first-order valence-corrected chi connectivity index (χ1v) is 5.80. The van der Waals surface area contributed by atoms with Crippen LogP contribution in [0.1, 0.15) is 5.82 Å². The van der Waals surface area contributed by atoms with E-state index in [-0.39, 0.29) is 18.2 Å². The van der Waals surface area contributed by atoms with Gasteiger partial charge in [0.2, 0.25) is 5.95 Å². The van der Waals surface area contributed by atoms with E-state index in [4.69, 9.17) is 15.6 Å². The summed E-state index contributed by atoms with van der Waals surface area (Å²) in [5.41, 5.74) is 6.86. The standard InChI is InChI=1S/C12H11N5O3/c1-20-7-4-2-3-6-10(7)15-12(13)17-11(6)14-8(16-17)5-9(18)19/h2-4H,5H2,1H3,(H2,13,15)(H,18,19). The number of hydrogen-bond donors (Lipinski definition) is 2. The average Bonchev–Trinajstić information content (AvgIpc) is 2.82. The molecular weight excluding hydrogens is 262 g/mol. The Balaban J connectivity index is 2.35. The van der Waals surface area contributed by atoms with Gasteiger partial charge in [-0.25, -0.2) is 9.97 Å². The number of nitrogen functional groups attached to an aromatic ring is 1. The van der Waals surface area contributed by atoms with Gasteiger partial charge in [-0.2, -0.15) is 4.52 Å². The molecule has 0 radical (unpaired) electrons. The summed E-state index contributed by atoms with van der Waals surface area (Å²) in [6.45, 7) is 0. The molecule has 8 heteroatoms. The Bertz CT molecular complexity index is 827. The number of carboxylic acids is 1. The normalized spacial score (nSPS) is 11.1. The summed E-state index contributed by atoms with van der Waals surface area (Å²) in [5.74, 6) is -0.128. The molecule has 0 aliphatic carbocycles. The number of aliphatic carboxylic acids is 1. The van der Waals surface area contributed by atoms with Crippen LogP contribution in [0, 0.1) is 0 Å². The molecule has 0 saturated carbocycles. The third-order valence-electron chi connectivity index (χ3n) is 2.86. The fourth-order valence-electron chi connectivity index (χ4n) is 2.04. The van der Waals surface area contributed by atoms with Crippen LogP contribution in [-0.4, -0.2) is 37.8 Å². The smallest absolute Gasteiger partial charge is 0.311 e. The first kappa shape index (κ1) is 12.2. The largest absolute Gasteiger partial charge is 0.494 e. The van der Waals surface area contributed by atoms with Crippen molar-refractivity contribution in [2.24, 2.45) is 0 Å². The summed E-state index contributed by atoms with van der Waals surface area (Å²) in [6, 6.07) is 5.36. The number of anilines is 1. The summed E-state index contributed by atoms with van der Waals surface area (Å²) in [5, 5.41) is 13.6. The first-order valence-electron chi connectivity index (χ1n) is 5.80. The van der Waals surface area contributed by atoms with Gasteiger partial charge >= 0.3 is 5.97 Å². The fraction of sp³-hybridized carbons (Fsp3) is 0.167. The molecule has 1 aromatic carbocycles. The maximum atomic E-state index is 10.7. The Morgan fingerprint density at radius 3 is 2.95 bits per heavy atom. The van der Waals surface area contributed by atoms with Crippen LogP contribution in [-0.2, 0) is 11.2 Å². The zero-order chi connectivity index (χ0) is 14.3. The van der Waals surface area contributed by atoms with Gasteiger partial charge in [-0.05, 0) is 12.1 Å². The Kier molecular flexibility index (Phi) is 2.63. The molecule has 0 aliphatic heterocycles. The maximum Gasteiger partial charge on any atom is 0.311 e. The molecule has 8 nitrogen and oxygen atoms in total. The Labute approximate surface area is 112 Å². The van der Waals surface area contributed by atoms with Gasteiger partial charge in [0.1, 0.15) is 17.7 Å². The van der Waals surface area contributed by atoms with Gasteiger partial charge in [0.05, 0.1) is 7.11 Å². The SMILES string of the molecule is COc1cccc2c1nc(N)n1nc(CC(=O)O)nc21. The minimum Gasteiger partial charge on any atom is -0.494 e. The van der Waals surface area contributed by atoms with Crippen LogP contribution >= 0.6 is 0 Å². The van der Waals surface area contributed by atoms with Crippen molar-refractivity contribution in [2.75, 3.05) is 12.8 Å². The van der Waals surface area contributed by atoms with Crippen molar-refractivity contribution in [3.05, 3.63) is 24.0 Å². The number of methoxy groups -OCH3 is 1. The number of fused-ring (bicyclic) bond motifs is 3. The zero-order valence-corrected chi connectivity index (χ0v) is 10.6. The third kappa shape index (κ3) is 1.78. The number of rotatable bonds is 3. The van der Waals surface area contributed by atoms with E-state index in [0.29, 0.717) is 22.3 Å². The molecule has 2 heterocycles. The van der Waals surface area contributed by atoms with Gasteiger partial charge in [0.25, 0.3) is 0 Å². The highest BCUT2D eigenvalue weighted by atomic mass is 16.5. The highest BCUT2D eigenvalue weighted by Crippen LogP contribution is 2.27. The highest BCUT2D eigenvalue weighted by molar-refractivity contribution is 5.95. The van der Waals surface area contributed by atoms with E-state index in [9.17, 15) is 4.79 Å². The summed E-state index contributed by atoms with van der Waals surface area (Å²) in [6.07, 6.45) is -0.271. The lowest BCUT2D eigenvalue weighted by Crippen LogP contribution is -2.04. The Hall–Kier alpha value is -2.90. The Morgan fingerprint density at radius 2 is 2.25 bits per heavy atom. The molecule has 0 saturated heterocycles. The lowest BCUT2D eigenvalue weighted by molar-refractivity contribution is -0.136. The molecule has 0 unspecified atom stereocenters. The van der Waals surface area contributed by atoms with Gasteiger partial charge < -0.3 is 15.6 Å². The molecule has 0 spiro atoms. The zero-order valence-electron chi connectivity index (χ0n) is 10.6. The number of carbonyl (C=O) groups is 1. The molecule has 3 rings (SSSR count). The van der Waals surface area contributed by atoms with Gasteiger partial charge in [-0.1, -0.05) is 6.07 Å². The van der Waals surface area contributed by atoms with E-state index in [1.165, 1.54) is 11.6 Å². The minimum absolute atomic E-state index is 0.126. The van der Waals surface area contributed by atoms with Crippen molar-refractivity contribution < 1.29 is 14.6 Å². The Morgan fingerprint density at radius 1 is 1.45 bits per heavy atom. The second kappa shape index (κ2) is 4.34. The van der Waals surface area contributed by atoms with Crippen molar-refractivity contribution in [1.82, 2.24) is 19.6 Å². The van der Waals surface area contributed by atoms with Gasteiger partial charge in [0, 0.05) is 5.39 Å². The number of nitrogens with zero attached hydrogens (tertiary/aromatic N) is 4. The van der Waals surface area contributed by atoms with Crippen molar-refractivity contribution in [2.45, 2.75) is 6.42 Å². The molecule has 3 N–H and O–H groups in total. The molecule has 0 aliphatic rings. The van der Waals surface area contributed by atoms with Crippen molar-refractivity contribution in [3.8, 4) is 5.75 Å². The number of para-hydroxylation sites is 1. The second-order valence-electron chi connectivity index (χ2n) is 4.16. The van der Waals surface area contributed by atoms with Gasteiger partial charge in [0.15, 0.2) is 11.5 Å². The van der Waals surface area contributed by atoms with E-state index < -0.39 is 5.97 Å². The molecular formula is C12H11N5O3. The quantitative estimate of drug-likeness (QED) is 0.713. The number of hydrogen-bond acceptors (Lipinski definition) is 6. The number of aromatic nitrogens is 4. The number of carboxylic acid groups (broad SMARTS) is 1. The third-order valence-corrected chi connectivity index (χ3v) is 2.86. The van der Waals surface area contributed by atoms with Crippen LogP contribution in [0.3, 0.4) is 0 Å². The van der Waals surface area contributed by atoms with E-state index in [1.54, 1.807) is 18.2 Å². The van der Waals surface area contributed by atoms with Crippen LogP contribution < -0.4 is 10.5 Å². The number of nitrogens with two attached hydrogens (primary N) is 1. The average molecular weight is 273 g/mol. The van der Waals surface area contributed by atoms with Crippen molar-refractivity contribution >= 4 is 28.5 Å². The van der Waals surface area contributed by atoms with Crippen LogP contribution in [0.5, 0.6) is 5.75 Å². The van der Waals surface area contributed by atoms with E-state index in [2.05, 4.69) is 15.1 Å². The predicted molar refractivity (Wildman–Crippen MR) is 70.6 cm³/mol. The molecule has 102 valence electrons. The summed E-state index contributed by atoms with van der Waals surface area (Å²) in [4.78, 5) is 19.2. The van der Waals surface area contributed by atoms with E-state index >= 15 is 0 Å². The molecule has 0 atom stereocenters. The van der Waals surface area contributed by atoms with Crippen molar-refractivity contribution in [3.63, 3.8) is 0 Å². The molecule has 0 bridgehead atoms. The van der Waals surface area contributed by atoms with Gasteiger partial charge in [-0.15, -0.1) is 5.10 Å². The minimum atomic E-state index is -1.01. The van der Waals surface area contributed by atoms with Crippen molar-refractivity contribution in [1.29, 1.82) is 0 Å². The molecule has 0 amide bonds. The summed E-state index contributed by atoms with van der Waals surface area (Å²) >= 11 is 0. The van der Waals surface area contributed by atoms with Gasteiger partial charge in [-0.3, -0.25) is 4.79 Å². The number of ether oxygens (including phenoxy) is 1. The molecule has 2 aromatic heterocycles. The molecule has 3 aromatic rings. The summed E-state index contributed by atoms with van der Waals surface area (Å²) in [7, 11) is 1.54. The second-order valence-corrected chi connectivity index (χ2v) is 4.16. The van der Waals surface area contributed by atoms with Crippen LogP contribution in [0.25, 0.3) is 16.6 Å². The van der Waals surface area contributed by atoms with Crippen LogP contribution in [0.4, 0.5) is 5.95 Å². The molecule has 0 fully saturated rings. The van der Waals surface area contributed by atoms with Crippen LogP contribution in [0.15, 0.2) is 18.2 Å². The number of benzene rings is 1. The van der Waals surface area contributed by atoms with E-state index in [0.717, 1.165) is 0 Å². The summed E-state index contributed by atoms with van der Waals surface area (Å²) < 4.78 is 6.57. The lowest BCUT2D eigenvalue weighted by atomic mass is 10.2. The monoisotopic (exact) mass is 273 g/mol. The fourth-order valence-corrected chi connectivity index (χ4v) is 2.04. The lowest BCUT2D eigenvalue weighted by Gasteiger charge is -2.06. The maximum absolute atomic E-state index is 10.7. The van der Waals surface area contributed by atoms with Crippen LogP contribution in [0.2, 0.25) is 0 Å². The van der Waals surface area contributed by atoms with E-state index in [1.807, 2.05) is 0 Å².